The van der Waals surface area contributed by atoms with Gasteiger partial charge in [-0.25, -0.2) is 13.1 Å². The molecule has 3 aliphatic heterocycles. The molecular weight excluding hydrogens is 452 g/mol. The molecule has 4 rings (SSSR count). The van der Waals surface area contributed by atoms with Crippen LogP contribution in [-0.4, -0.2) is 114 Å². The van der Waals surface area contributed by atoms with Crippen LogP contribution in [0.25, 0.3) is 0 Å². The molecule has 1 aromatic carbocycles. The molecule has 2 saturated heterocycles. The van der Waals surface area contributed by atoms with Crippen molar-refractivity contribution in [1.82, 2.24) is 19.4 Å². The molecule has 33 heavy (non-hydrogen) atoms. The topological polar surface area (TPSA) is 118 Å². The molecule has 2 fully saturated rings. The fourth-order valence-electron chi connectivity index (χ4n) is 3.92. The van der Waals surface area contributed by atoms with Gasteiger partial charge in [0.15, 0.2) is 11.5 Å². The third-order valence-corrected chi connectivity index (χ3v) is 7.29. The minimum atomic E-state index is -3.88. The van der Waals surface area contributed by atoms with Crippen LogP contribution in [0.5, 0.6) is 11.5 Å². The summed E-state index contributed by atoms with van der Waals surface area (Å²) in [6.45, 7) is 5.33. The number of hydrogen-bond acceptors (Lipinski definition) is 8. The molecule has 0 aliphatic carbocycles. The SMILES string of the molecule is O=C(CNS(=O)(=O)c1ccc2c(c1)OCCCO2)N1CCN(CC(=O)N2CCOCC2)CC1. The van der Waals surface area contributed by atoms with Gasteiger partial charge in [-0.3, -0.25) is 14.5 Å². The van der Waals surface area contributed by atoms with Gasteiger partial charge in [-0.15, -0.1) is 0 Å². The zero-order valence-electron chi connectivity index (χ0n) is 18.5. The highest BCUT2D eigenvalue weighted by Gasteiger charge is 2.26. The smallest absolute Gasteiger partial charge is 0.241 e. The molecule has 1 N–H and O–H groups in total. The first-order valence-electron chi connectivity index (χ1n) is 11.2. The second-order valence-corrected chi connectivity index (χ2v) is 9.90. The number of carbonyl (C=O) groups is 2. The Morgan fingerprint density at radius 2 is 1.52 bits per heavy atom. The number of carbonyl (C=O) groups excluding carboxylic acids is 2. The van der Waals surface area contributed by atoms with E-state index in [1.165, 1.54) is 12.1 Å². The normalized spacial score (nSPS) is 19.8. The Morgan fingerprint density at radius 3 is 2.24 bits per heavy atom. The van der Waals surface area contributed by atoms with Crippen LogP contribution in [0.4, 0.5) is 0 Å². The predicted octanol–water partition coefficient (Wildman–Crippen LogP) is -0.871. The van der Waals surface area contributed by atoms with Crippen molar-refractivity contribution < 1.29 is 32.2 Å². The van der Waals surface area contributed by atoms with Crippen LogP contribution in [0.1, 0.15) is 6.42 Å². The fourth-order valence-corrected chi connectivity index (χ4v) is 4.91. The van der Waals surface area contributed by atoms with E-state index in [1.54, 1.807) is 15.9 Å². The molecule has 11 nitrogen and oxygen atoms in total. The highest BCUT2D eigenvalue weighted by molar-refractivity contribution is 7.89. The lowest BCUT2D eigenvalue weighted by atomic mass is 10.3. The molecule has 0 saturated carbocycles. The van der Waals surface area contributed by atoms with Crippen molar-refractivity contribution in [2.75, 3.05) is 78.8 Å². The van der Waals surface area contributed by atoms with Crippen LogP contribution >= 0.6 is 0 Å². The van der Waals surface area contributed by atoms with Crippen molar-refractivity contribution in [3.8, 4) is 11.5 Å². The van der Waals surface area contributed by atoms with Gasteiger partial charge < -0.3 is 24.0 Å². The first kappa shape index (κ1) is 23.7. The lowest BCUT2D eigenvalue weighted by molar-refractivity contribution is -0.137. The number of piperazine rings is 1. The molecule has 0 radical (unpaired) electrons. The van der Waals surface area contributed by atoms with E-state index in [2.05, 4.69) is 4.72 Å². The van der Waals surface area contributed by atoms with Gasteiger partial charge in [0.2, 0.25) is 21.8 Å². The number of ether oxygens (including phenoxy) is 3. The molecule has 0 aromatic heterocycles. The van der Waals surface area contributed by atoms with E-state index in [9.17, 15) is 18.0 Å². The van der Waals surface area contributed by atoms with Crippen LogP contribution in [0.2, 0.25) is 0 Å². The van der Waals surface area contributed by atoms with Gasteiger partial charge in [0.25, 0.3) is 0 Å². The second-order valence-electron chi connectivity index (χ2n) is 8.13. The van der Waals surface area contributed by atoms with Crippen molar-refractivity contribution in [2.45, 2.75) is 11.3 Å². The van der Waals surface area contributed by atoms with E-state index >= 15 is 0 Å². The van der Waals surface area contributed by atoms with Crippen molar-refractivity contribution in [2.24, 2.45) is 0 Å². The van der Waals surface area contributed by atoms with Crippen LogP contribution < -0.4 is 14.2 Å². The number of sulfonamides is 1. The van der Waals surface area contributed by atoms with Gasteiger partial charge in [-0.2, -0.15) is 0 Å². The summed E-state index contributed by atoms with van der Waals surface area (Å²) >= 11 is 0. The molecular formula is C21H30N4O7S. The Labute approximate surface area is 193 Å². The first-order chi connectivity index (χ1) is 15.9. The Balaban J connectivity index is 1.24. The molecule has 1 aromatic rings. The Hall–Kier alpha value is -2.41. The van der Waals surface area contributed by atoms with Gasteiger partial charge in [-0.05, 0) is 12.1 Å². The quantitative estimate of drug-likeness (QED) is 0.556. The van der Waals surface area contributed by atoms with Gasteiger partial charge >= 0.3 is 0 Å². The van der Waals surface area contributed by atoms with Crippen LogP contribution in [0.15, 0.2) is 23.1 Å². The summed E-state index contributed by atoms with van der Waals surface area (Å²) in [7, 11) is -3.88. The second kappa shape index (κ2) is 10.7. The van der Waals surface area contributed by atoms with E-state index in [-0.39, 0.29) is 23.3 Å². The largest absolute Gasteiger partial charge is 0.490 e. The molecule has 0 atom stereocenters. The third-order valence-electron chi connectivity index (χ3n) is 5.89. The van der Waals surface area contributed by atoms with Gasteiger partial charge in [-0.1, -0.05) is 0 Å². The summed E-state index contributed by atoms with van der Waals surface area (Å²) < 4.78 is 44.1. The molecule has 3 aliphatic rings. The van der Waals surface area contributed by atoms with Crippen molar-refractivity contribution >= 4 is 21.8 Å². The maximum Gasteiger partial charge on any atom is 0.241 e. The number of benzene rings is 1. The summed E-state index contributed by atoms with van der Waals surface area (Å²) in [5, 5.41) is 0. The maximum absolute atomic E-state index is 12.7. The average Bonchev–Trinajstić information content (AvgIpc) is 3.08. The lowest BCUT2D eigenvalue weighted by Gasteiger charge is -2.36. The van der Waals surface area contributed by atoms with E-state index in [0.717, 1.165) is 6.42 Å². The number of hydrogen-bond donors (Lipinski definition) is 1. The zero-order valence-corrected chi connectivity index (χ0v) is 19.3. The van der Waals surface area contributed by atoms with Crippen molar-refractivity contribution in [1.29, 1.82) is 0 Å². The number of morpholine rings is 1. The van der Waals surface area contributed by atoms with Crippen molar-refractivity contribution in [3.05, 3.63) is 18.2 Å². The first-order valence-corrected chi connectivity index (χ1v) is 12.7. The Kier molecular flexibility index (Phi) is 7.68. The lowest BCUT2D eigenvalue weighted by Crippen LogP contribution is -2.54. The molecule has 0 bridgehead atoms. The number of nitrogens with zero attached hydrogens (tertiary/aromatic N) is 3. The van der Waals surface area contributed by atoms with E-state index in [1.807, 2.05) is 4.90 Å². The van der Waals surface area contributed by atoms with Gasteiger partial charge in [0.1, 0.15) is 0 Å². The standard InChI is InChI=1S/C21H30N4O7S/c26-20(24-6-4-23(5-7-24)16-21(27)25-8-12-30-13-9-25)15-22-33(28,29)17-2-3-18-19(14-17)32-11-1-10-31-18/h2-3,14,22H,1,4-13,15-16H2. The van der Waals surface area contributed by atoms with Crippen LogP contribution in [0, 0.1) is 0 Å². The monoisotopic (exact) mass is 482 g/mol. The van der Waals surface area contributed by atoms with Crippen LogP contribution in [0.3, 0.4) is 0 Å². The fraction of sp³-hybridized carbons (Fsp3) is 0.619. The third kappa shape index (κ3) is 6.14. The average molecular weight is 483 g/mol. The number of fused-ring (bicyclic) bond motifs is 1. The summed E-state index contributed by atoms with van der Waals surface area (Å²) in [5.41, 5.74) is 0. The highest BCUT2D eigenvalue weighted by Crippen LogP contribution is 2.31. The summed E-state index contributed by atoms with van der Waals surface area (Å²) in [5.74, 6) is 0.657. The Bertz CT molecular complexity index is 957. The molecule has 3 heterocycles. The molecule has 0 unspecified atom stereocenters. The summed E-state index contributed by atoms with van der Waals surface area (Å²) in [6, 6.07) is 4.41. The van der Waals surface area contributed by atoms with E-state index in [0.29, 0.717) is 83.7 Å². The van der Waals surface area contributed by atoms with Crippen molar-refractivity contribution in [3.63, 3.8) is 0 Å². The Morgan fingerprint density at radius 1 is 0.848 bits per heavy atom. The minimum Gasteiger partial charge on any atom is -0.490 e. The van der Waals surface area contributed by atoms with E-state index in [4.69, 9.17) is 14.2 Å². The zero-order chi connectivity index (χ0) is 23.3. The summed E-state index contributed by atoms with van der Waals surface area (Å²) in [4.78, 5) is 30.4. The van der Waals surface area contributed by atoms with Crippen LogP contribution in [-0.2, 0) is 24.3 Å². The summed E-state index contributed by atoms with van der Waals surface area (Å²) in [6.07, 6.45) is 0.720. The van der Waals surface area contributed by atoms with Gasteiger partial charge in [0.05, 0.1) is 44.4 Å². The highest BCUT2D eigenvalue weighted by atomic mass is 32.2. The molecule has 2 amide bonds. The molecule has 0 spiro atoms. The van der Waals surface area contributed by atoms with Gasteiger partial charge in [0, 0.05) is 51.8 Å². The number of nitrogens with one attached hydrogen (secondary N) is 1. The number of amides is 2. The molecule has 12 heteroatoms. The number of rotatable bonds is 6. The maximum atomic E-state index is 12.7. The predicted molar refractivity (Wildman–Crippen MR) is 118 cm³/mol. The minimum absolute atomic E-state index is 0.0194. The molecule has 182 valence electrons. The van der Waals surface area contributed by atoms with E-state index < -0.39 is 10.0 Å².